The molecule has 1 atom stereocenters. The second-order valence-corrected chi connectivity index (χ2v) is 9.36. The lowest BCUT2D eigenvalue weighted by molar-refractivity contribution is -0.137. The Morgan fingerprint density at radius 2 is 1.79 bits per heavy atom. The van der Waals surface area contributed by atoms with Gasteiger partial charge in [0.05, 0.1) is 17.6 Å². The van der Waals surface area contributed by atoms with Crippen molar-refractivity contribution in [3.05, 3.63) is 59.3 Å². The number of piperidine rings is 1. The molecule has 2 aliphatic rings. The molecule has 2 aliphatic heterocycles. The molecule has 172 valence electrons. The molecule has 2 saturated heterocycles. The lowest BCUT2D eigenvalue weighted by atomic mass is 9.95. The molecular weight excluding hydrogens is 414 g/mol. The normalized spacial score (nSPS) is 19.2. The Bertz CT molecular complexity index is 1180. The van der Waals surface area contributed by atoms with Crippen molar-refractivity contribution in [3.8, 4) is 0 Å². The number of H-pyrrole nitrogens is 1. The molecule has 7 heteroatoms. The van der Waals surface area contributed by atoms with Gasteiger partial charge in [-0.2, -0.15) is 5.10 Å². The van der Waals surface area contributed by atoms with Crippen LogP contribution in [0.5, 0.6) is 0 Å². The molecule has 2 aromatic carbocycles. The number of aromatic amines is 1. The molecule has 3 aromatic rings. The number of fused-ring (bicyclic) bond motifs is 1. The van der Waals surface area contributed by atoms with E-state index in [1.165, 1.54) is 16.8 Å². The minimum Gasteiger partial charge on any atom is -0.368 e. The number of rotatable bonds is 3. The lowest BCUT2D eigenvalue weighted by Crippen LogP contribution is -2.53. The van der Waals surface area contributed by atoms with Crippen LogP contribution in [0.3, 0.4) is 0 Å². The van der Waals surface area contributed by atoms with E-state index in [1.807, 2.05) is 28.0 Å². The number of aryl methyl sites for hydroxylation is 2. The highest BCUT2D eigenvalue weighted by molar-refractivity contribution is 5.98. The average Bonchev–Trinajstić information content (AvgIpc) is 3.33. The number of nitrogens with zero attached hydrogens (tertiary/aromatic N) is 4. The van der Waals surface area contributed by atoms with Crippen molar-refractivity contribution < 1.29 is 9.59 Å². The highest BCUT2D eigenvalue weighted by atomic mass is 16.2. The number of hydrogen-bond donors (Lipinski definition) is 1. The summed E-state index contributed by atoms with van der Waals surface area (Å²) in [6.07, 6.45) is 3.44. The molecular formula is C26H31N5O2. The Balaban J connectivity index is 1.21. The summed E-state index contributed by atoms with van der Waals surface area (Å²) in [5.41, 5.74) is 5.37. The van der Waals surface area contributed by atoms with Crippen molar-refractivity contribution in [1.29, 1.82) is 0 Å². The van der Waals surface area contributed by atoms with E-state index in [0.717, 1.165) is 49.9 Å². The topological polar surface area (TPSA) is 72.5 Å². The molecule has 0 bridgehead atoms. The van der Waals surface area contributed by atoms with Gasteiger partial charge in [0.15, 0.2) is 0 Å². The van der Waals surface area contributed by atoms with Crippen LogP contribution in [0.15, 0.2) is 42.6 Å². The monoisotopic (exact) mass is 445 g/mol. The first-order chi connectivity index (χ1) is 16.0. The third-order valence-corrected chi connectivity index (χ3v) is 7.04. The molecule has 7 nitrogen and oxygen atoms in total. The van der Waals surface area contributed by atoms with E-state index >= 15 is 0 Å². The maximum Gasteiger partial charge on any atom is 0.253 e. The maximum absolute atomic E-state index is 13.3. The van der Waals surface area contributed by atoms with Crippen LogP contribution in [0.4, 0.5) is 5.69 Å². The number of nitrogens with one attached hydrogen (secondary N) is 1. The first-order valence-electron chi connectivity index (χ1n) is 11.8. The van der Waals surface area contributed by atoms with Crippen LogP contribution < -0.4 is 4.90 Å². The zero-order valence-electron chi connectivity index (χ0n) is 19.4. The molecule has 1 unspecified atom stereocenters. The Kier molecular flexibility index (Phi) is 5.79. The van der Waals surface area contributed by atoms with Gasteiger partial charge in [0.2, 0.25) is 5.91 Å². The zero-order valence-corrected chi connectivity index (χ0v) is 19.4. The third kappa shape index (κ3) is 4.32. The molecule has 0 spiro atoms. The minimum absolute atomic E-state index is 0.00431. The van der Waals surface area contributed by atoms with Crippen molar-refractivity contribution >= 4 is 28.4 Å². The van der Waals surface area contributed by atoms with Crippen molar-refractivity contribution in [3.63, 3.8) is 0 Å². The van der Waals surface area contributed by atoms with Gasteiger partial charge in [0.1, 0.15) is 0 Å². The fourth-order valence-electron chi connectivity index (χ4n) is 5.11. The third-order valence-electron chi connectivity index (χ3n) is 7.04. The summed E-state index contributed by atoms with van der Waals surface area (Å²) < 4.78 is 0. The summed E-state index contributed by atoms with van der Waals surface area (Å²) >= 11 is 0. The summed E-state index contributed by atoms with van der Waals surface area (Å²) in [4.78, 5) is 32.7. The molecule has 5 rings (SSSR count). The van der Waals surface area contributed by atoms with Gasteiger partial charge >= 0.3 is 0 Å². The number of likely N-dealkylation sites (tertiary alicyclic amines) is 1. The van der Waals surface area contributed by atoms with Crippen LogP contribution in [0.25, 0.3) is 10.9 Å². The number of carbonyl (C=O) groups is 2. The van der Waals surface area contributed by atoms with Crippen LogP contribution in [-0.4, -0.2) is 71.1 Å². The summed E-state index contributed by atoms with van der Waals surface area (Å²) in [6.45, 7) is 8.61. The van der Waals surface area contributed by atoms with Crippen molar-refractivity contribution in [2.24, 2.45) is 5.92 Å². The lowest BCUT2D eigenvalue weighted by Gasteiger charge is -2.40. The van der Waals surface area contributed by atoms with Gasteiger partial charge in [-0.3, -0.25) is 14.7 Å². The molecule has 2 amide bonds. The standard InChI is InChI=1S/C26H31N5O2/c1-18-5-6-19(2)24(14-18)29-10-12-30(13-11-29)26(33)21-4-3-9-31(17-21)25(32)20-7-8-23-22(15-20)16-27-28-23/h5-8,14-16,21H,3-4,9-13,17H2,1-2H3,(H,27,28). The molecule has 0 saturated carbocycles. The fraction of sp³-hybridized carbons (Fsp3) is 0.423. The molecule has 3 heterocycles. The highest BCUT2D eigenvalue weighted by Gasteiger charge is 2.33. The first kappa shape index (κ1) is 21.5. The Hall–Kier alpha value is -3.35. The fourth-order valence-corrected chi connectivity index (χ4v) is 5.11. The molecule has 1 aromatic heterocycles. The van der Waals surface area contributed by atoms with E-state index in [2.05, 4.69) is 47.1 Å². The summed E-state index contributed by atoms with van der Waals surface area (Å²) in [7, 11) is 0. The van der Waals surface area contributed by atoms with Gasteiger partial charge in [-0.25, -0.2) is 0 Å². The zero-order chi connectivity index (χ0) is 22.9. The van der Waals surface area contributed by atoms with E-state index < -0.39 is 0 Å². The Labute approximate surface area is 194 Å². The van der Waals surface area contributed by atoms with Gasteiger partial charge in [-0.05, 0) is 62.1 Å². The molecule has 1 N–H and O–H groups in total. The predicted molar refractivity (Wildman–Crippen MR) is 129 cm³/mol. The number of amides is 2. The van der Waals surface area contributed by atoms with Crippen molar-refractivity contribution in [2.45, 2.75) is 26.7 Å². The van der Waals surface area contributed by atoms with E-state index in [0.29, 0.717) is 18.7 Å². The predicted octanol–water partition coefficient (Wildman–Crippen LogP) is 3.38. The SMILES string of the molecule is Cc1ccc(C)c(N2CCN(C(=O)C3CCCN(C(=O)c4ccc5[nH]ncc5c4)C3)CC2)c1. The van der Waals surface area contributed by atoms with Gasteiger partial charge in [-0.1, -0.05) is 12.1 Å². The van der Waals surface area contributed by atoms with Crippen LogP contribution in [-0.2, 0) is 4.79 Å². The van der Waals surface area contributed by atoms with Gasteiger partial charge in [0.25, 0.3) is 5.91 Å². The van der Waals surface area contributed by atoms with Gasteiger partial charge in [0, 0.05) is 55.9 Å². The van der Waals surface area contributed by atoms with Crippen LogP contribution in [0, 0.1) is 19.8 Å². The quantitative estimate of drug-likeness (QED) is 0.671. The number of piperazine rings is 1. The largest absolute Gasteiger partial charge is 0.368 e. The molecule has 2 fully saturated rings. The van der Waals surface area contributed by atoms with Gasteiger partial charge in [-0.15, -0.1) is 0 Å². The number of aromatic nitrogens is 2. The van der Waals surface area contributed by atoms with E-state index in [9.17, 15) is 9.59 Å². The summed E-state index contributed by atoms with van der Waals surface area (Å²) in [5, 5.41) is 7.87. The number of benzene rings is 2. The molecule has 0 aliphatic carbocycles. The van der Waals surface area contributed by atoms with Gasteiger partial charge < -0.3 is 14.7 Å². The van der Waals surface area contributed by atoms with E-state index in [1.54, 1.807) is 6.20 Å². The second-order valence-electron chi connectivity index (χ2n) is 9.36. The first-order valence-corrected chi connectivity index (χ1v) is 11.8. The molecule has 0 radical (unpaired) electrons. The minimum atomic E-state index is -0.118. The smallest absolute Gasteiger partial charge is 0.253 e. The highest BCUT2D eigenvalue weighted by Crippen LogP contribution is 2.25. The number of carbonyl (C=O) groups excluding carboxylic acids is 2. The van der Waals surface area contributed by atoms with Crippen LogP contribution >= 0.6 is 0 Å². The average molecular weight is 446 g/mol. The van der Waals surface area contributed by atoms with Crippen LogP contribution in [0.2, 0.25) is 0 Å². The Morgan fingerprint density at radius 3 is 2.61 bits per heavy atom. The summed E-state index contributed by atoms with van der Waals surface area (Å²) in [6, 6.07) is 12.1. The second kappa shape index (κ2) is 8.89. The van der Waals surface area contributed by atoms with Crippen LogP contribution in [0.1, 0.15) is 34.3 Å². The van der Waals surface area contributed by atoms with Crippen molar-refractivity contribution in [2.75, 3.05) is 44.2 Å². The van der Waals surface area contributed by atoms with E-state index in [4.69, 9.17) is 0 Å². The maximum atomic E-state index is 13.3. The number of hydrogen-bond acceptors (Lipinski definition) is 4. The molecule has 33 heavy (non-hydrogen) atoms. The van der Waals surface area contributed by atoms with Crippen molar-refractivity contribution in [1.82, 2.24) is 20.0 Å². The number of anilines is 1. The summed E-state index contributed by atoms with van der Waals surface area (Å²) in [5.74, 6) is 0.0707. The Morgan fingerprint density at radius 1 is 0.970 bits per heavy atom. The van der Waals surface area contributed by atoms with E-state index in [-0.39, 0.29) is 17.7 Å².